The van der Waals surface area contributed by atoms with Gasteiger partial charge in [-0.1, -0.05) is 13.8 Å². The van der Waals surface area contributed by atoms with Crippen LogP contribution in [0.3, 0.4) is 0 Å². The van der Waals surface area contributed by atoms with Crippen molar-refractivity contribution in [3.63, 3.8) is 0 Å². The molecule has 0 N–H and O–H groups in total. The zero-order valence-electron chi connectivity index (χ0n) is 11.8. The molecule has 2 atom stereocenters. The van der Waals surface area contributed by atoms with Crippen LogP contribution in [0.15, 0.2) is 0 Å². The highest BCUT2D eigenvalue weighted by Crippen LogP contribution is 2.17. The average Bonchev–Trinajstić information content (AvgIpc) is 2.14. The quantitative estimate of drug-likeness (QED) is 0.731. The molecule has 0 unspecified atom stereocenters. The molecule has 1 saturated heterocycles. The van der Waals surface area contributed by atoms with Gasteiger partial charge >= 0.3 is 0 Å². The smallest absolute Gasteiger partial charge is 0.0598 e. The fraction of sp³-hybridized carbons (Fsp3) is 1.00. The Bertz CT molecular complexity index is 197. The van der Waals surface area contributed by atoms with E-state index in [1.165, 1.54) is 32.5 Å². The van der Waals surface area contributed by atoms with Gasteiger partial charge in [-0.3, -0.25) is 0 Å². The Labute approximate surface area is 101 Å². The second kappa shape index (κ2) is 6.02. The van der Waals surface area contributed by atoms with E-state index in [4.69, 9.17) is 4.74 Å². The van der Waals surface area contributed by atoms with Crippen molar-refractivity contribution < 1.29 is 4.74 Å². The molecule has 2 heteroatoms. The van der Waals surface area contributed by atoms with Gasteiger partial charge in [-0.15, -0.1) is 0 Å². The third-order valence-corrected chi connectivity index (χ3v) is 3.11. The molecule has 0 spiro atoms. The van der Waals surface area contributed by atoms with Gasteiger partial charge in [0, 0.05) is 13.1 Å². The minimum Gasteiger partial charge on any atom is -0.376 e. The predicted molar refractivity (Wildman–Crippen MR) is 69.7 cm³/mol. The van der Waals surface area contributed by atoms with Crippen molar-refractivity contribution in [2.75, 3.05) is 26.2 Å². The number of likely N-dealkylation sites (tertiary alicyclic amines) is 1. The van der Waals surface area contributed by atoms with Gasteiger partial charge in [-0.2, -0.15) is 0 Å². The number of rotatable bonds is 4. The topological polar surface area (TPSA) is 12.5 Å². The van der Waals surface area contributed by atoms with Crippen molar-refractivity contribution in [2.45, 2.75) is 53.1 Å². The summed E-state index contributed by atoms with van der Waals surface area (Å²) >= 11 is 0. The van der Waals surface area contributed by atoms with Crippen LogP contribution >= 0.6 is 0 Å². The predicted octanol–water partition coefficient (Wildman–Crippen LogP) is 3.17. The van der Waals surface area contributed by atoms with Gasteiger partial charge in [0.05, 0.1) is 12.2 Å². The molecule has 1 rings (SSSR count). The number of hydrogen-bond acceptors (Lipinski definition) is 2. The first-order chi connectivity index (χ1) is 7.37. The fourth-order valence-corrected chi connectivity index (χ4v) is 2.34. The van der Waals surface area contributed by atoms with Gasteiger partial charge in [0.25, 0.3) is 0 Å². The first-order valence-corrected chi connectivity index (χ1v) is 6.73. The summed E-state index contributed by atoms with van der Waals surface area (Å²) < 4.78 is 5.83. The largest absolute Gasteiger partial charge is 0.376 e. The summed E-state index contributed by atoms with van der Waals surface area (Å²) in [6.07, 6.45) is 2.78. The molecule has 1 aliphatic rings. The molecule has 0 amide bonds. The number of piperidine rings is 1. The minimum absolute atomic E-state index is 0.00342. The Morgan fingerprint density at radius 2 is 2.06 bits per heavy atom. The van der Waals surface area contributed by atoms with E-state index in [-0.39, 0.29) is 5.60 Å². The standard InChI is InChI=1S/C14H29NO/c1-12-7-6-8-15(9-12)10-13(2)11-16-14(3,4)5/h12-13H,6-11H2,1-5H3/t12-,13+/m0/s1. The highest BCUT2D eigenvalue weighted by atomic mass is 16.5. The Morgan fingerprint density at radius 3 is 2.62 bits per heavy atom. The van der Waals surface area contributed by atoms with E-state index in [9.17, 15) is 0 Å². The Morgan fingerprint density at radius 1 is 1.38 bits per heavy atom. The molecule has 96 valence electrons. The molecule has 0 aromatic heterocycles. The van der Waals surface area contributed by atoms with Crippen molar-refractivity contribution in [1.29, 1.82) is 0 Å². The molecule has 0 aliphatic carbocycles. The summed E-state index contributed by atoms with van der Waals surface area (Å²) in [4.78, 5) is 2.60. The molecular weight excluding hydrogens is 198 g/mol. The summed E-state index contributed by atoms with van der Waals surface area (Å²) in [6, 6.07) is 0. The Hall–Kier alpha value is -0.0800. The summed E-state index contributed by atoms with van der Waals surface area (Å²) in [7, 11) is 0. The van der Waals surface area contributed by atoms with Crippen LogP contribution in [0.4, 0.5) is 0 Å². The van der Waals surface area contributed by atoms with Gasteiger partial charge in [-0.05, 0) is 52.0 Å². The molecule has 1 fully saturated rings. The normalized spacial score (nSPS) is 25.7. The SMILES string of the molecule is C[C@H]1CCCN(C[C@@H](C)COC(C)(C)C)C1. The Balaban J connectivity index is 2.20. The zero-order chi connectivity index (χ0) is 12.2. The minimum atomic E-state index is 0.00342. The molecule has 1 aliphatic heterocycles. The second-order valence-electron chi connectivity index (χ2n) is 6.54. The molecule has 0 bridgehead atoms. The summed E-state index contributed by atoms with van der Waals surface area (Å²) in [5, 5.41) is 0. The van der Waals surface area contributed by atoms with Crippen molar-refractivity contribution in [3.05, 3.63) is 0 Å². The maximum Gasteiger partial charge on any atom is 0.0598 e. The van der Waals surface area contributed by atoms with Gasteiger partial charge in [-0.25, -0.2) is 0 Å². The van der Waals surface area contributed by atoms with Crippen molar-refractivity contribution in [1.82, 2.24) is 4.90 Å². The second-order valence-corrected chi connectivity index (χ2v) is 6.54. The van der Waals surface area contributed by atoms with Crippen molar-refractivity contribution in [3.8, 4) is 0 Å². The molecule has 1 heterocycles. The molecule has 2 nitrogen and oxygen atoms in total. The molecule has 0 saturated carbocycles. The van der Waals surface area contributed by atoms with Crippen LogP contribution < -0.4 is 0 Å². The van der Waals surface area contributed by atoms with E-state index < -0.39 is 0 Å². The van der Waals surface area contributed by atoms with Crippen LogP contribution in [0.5, 0.6) is 0 Å². The van der Waals surface area contributed by atoms with Crippen LogP contribution in [0, 0.1) is 11.8 Å². The molecule has 16 heavy (non-hydrogen) atoms. The highest BCUT2D eigenvalue weighted by Gasteiger charge is 2.19. The van der Waals surface area contributed by atoms with Gasteiger partial charge < -0.3 is 9.64 Å². The number of ether oxygens (including phenoxy) is 1. The average molecular weight is 227 g/mol. The third-order valence-electron chi connectivity index (χ3n) is 3.11. The fourth-order valence-electron chi connectivity index (χ4n) is 2.34. The lowest BCUT2D eigenvalue weighted by Crippen LogP contribution is -2.38. The van der Waals surface area contributed by atoms with E-state index in [1.807, 2.05) is 0 Å². The van der Waals surface area contributed by atoms with Gasteiger partial charge in [0.15, 0.2) is 0 Å². The van der Waals surface area contributed by atoms with Crippen molar-refractivity contribution >= 4 is 0 Å². The van der Waals surface area contributed by atoms with E-state index >= 15 is 0 Å². The Kier molecular flexibility index (Phi) is 5.26. The van der Waals surface area contributed by atoms with E-state index in [0.717, 1.165) is 12.5 Å². The van der Waals surface area contributed by atoms with Crippen LogP contribution in [-0.2, 0) is 4.74 Å². The molecule has 0 aromatic rings. The molecule has 0 aromatic carbocycles. The van der Waals surface area contributed by atoms with Crippen LogP contribution in [0.2, 0.25) is 0 Å². The van der Waals surface area contributed by atoms with E-state index in [0.29, 0.717) is 5.92 Å². The maximum atomic E-state index is 5.83. The maximum absolute atomic E-state index is 5.83. The van der Waals surface area contributed by atoms with Gasteiger partial charge in [0.1, 0.15) is 0 Å². The van der Waals surface area contributed by atoms with E-state index in [1.54, 1.807) is 0 Å². The summed E-state index contributed by atoms with van der Waals surface area (Å²) in [5.74, 6) is 1.52. The highest BCUT2D eigenvalue weighted by molar-refractivity contribution is 4.72. The first kappa shape index (κ1) is 14.0. The van der Waals surface area contributed by atoms with E-state index in [2.05, 4.69) is 39.5 Å². The van der Waals surface area contributed by atoms with Crippen molar-refractivity contribution in [2.24, 2.45) is 11.8 Å². The summed E-state index contributed by atoms with van der Waals surface area (Å²) in [6.45, 7) is 15.7. The lowest BCUT2D eigenvalue weighted by atomic mass is 9.99. The summed E-state index contributed by atoms with van der Waals surface area (Å²) in [5.41, 5.74) is 0.00342. The lowest BCUT2D eigenvalue weighted by Gasteiger charge is -2.33. The lowest BCUT2D eigenvalue weighted by molar-refractivity contribution is -0.0259. The molecular formula is C14H29NO. The number of hydrogen-bond donors (Lipinski definition) is 0. The number of nitrogens with zero attached hydrogens (tertiary/aromatic N) is 1. The third kappa shape index (κ3) is 5.86. The first-order valence-electron chi connectivity index (χ1n) is 6.73. The molecule has 0 radical (unpaired) electrons. The van der Waals surface area contributed by atoms with Crippen LogP contribution in [0.25, 0.3) is 0 Å². The zero-order valence-corrected chi connectivity index (χ0v) is 11.8. The van der Waals surface area contributed by atoms with Gasteiger partial charge in [0.2, 0.25) is 0 Å². The van der Waals surface area contributed by atoms with Crippen LogP contribution in [0.1, 0.15) is 47.5 Å². The van der Waals surface area contributed by atoms with Crippen LogP contribution in [-0.4, -0.2) is 36.7 Å². The monoisotopic (exact) mass is 227 g/mol.